The normalized spacial score (nSPS) is 22.3. The fourth-order valence-electron chi connectivity index (χ4n) is 3.59. The highest BCUT2D eigenvalue weighted by molar-refractivity contribution is 5.76. The molecule has 0 aromatic carbocycles. The zero-order valence-corrected chi connectivity index (χ0v) is 15.3. The molecule has 25 heavy (non-hydrogen) atoms. The second-order valence-corrected chi connectivity index (χ2v) is 6.84. The second-order valence-electron chi connectivity index (χ2n) is 6.84. The maximum absolute atomic E-state index is 12.3. The predicted molar refractivity (Wildman–Crippen MR) is 92.1 cm³/mol. The first-order valence-corrected chi connectivity index (χ1v) is 9.14. The number of hydrogen-bond donors (Lipinski definition) is 0. The monoisotopic (exact) mass is 351 g/mol. The summed E-state index contributed by atoms with van der Waals surface area (Å²) in [6.45, 7) is 6.28. The van der Waals surface area contributed by atoms with Gasteiger partial charge in [-0.05, 0) is 12.8 Å². The second kappa shape index (κ2) is 8.73. The molecule has 1 atom stereocenters. The summed E-state index contributed by atoms with van der Waals surface area (Å²) in [5, 5.41) is 8.86. The van der Waals surface area contributed by atoms with E-state index >= 15 is 0 Å². The van der Waals surface area contributed by atoms with Crippen molar-refractivity contribution >= 4 is 5.91 Å². The Morgan fingerprint density at radius 3 is 2.84 bits per heavy atom. The molecule has 0 N–H and O–H groups in total. The van der Waals surface area contributed by atoms with Crippen molar-refractivity contribution in [1.29, 1.82) is 0 Å². The first-order valence-electron chi connectivity index (χ1n) is 9.14. The molecule has 140 valence electrons. The number of carbonyl (C=O) groups is 1. The SMILES string of the molecule is COCCC(=O)N1CCCC(c2nnc(CN3CCOCC3)n2C)C1. The third-order valence-corrected chi connectivity index (χ3v) is 5.13. The maximum Gasteiger partial charge on any atom is 0.224 e. The summed E-state index contributed by atoms with van der Waals surface area (Å²) in [5.41, 5.74) is 0. The molecule has 1 amide bonds. The van der Waals surface area contributed by atoms with Gasteiger partial charge in [-0.25, -0.2) is 0 Å². The van der Waals surface area contributed by atoms with Gasteiger partial charge in [0.1, 0.15) is 11.6 Å². The molecule has 1 aromatic rings. The van der Waals surface area contributed by atoms with Crippen molar-refractivity contribution in [3.63, 3.8) is 0 Å². The largest absolute Gasteiger partial charge is 0.384 e. The number of morpholine rings is 1. The van der Waals surface area contributed by atoms with Crippen LogP contribution in [-0.2, 0) is 27.9 Å². The van der Waals surface area contributed by atoms with Crippen molar-refractivity contribution in [1.82, 2.24) is 24.6 Å². The summed E-state index contributed by atoms with van der Waals surface area (Å²) in [6.07, 6.45) is 2.51. The van der Waals surface area contributed by atoms with Gasteiger partial charge in [0.2, 0.25) is 5.91 Å². The zero-order chi connectivity index (χ0) is 17.6. The first-order chi connectivity index (χ1) is 12.2. The minimum Gasteiger partial charge on any atom is -0.384 e. The summed E-state index contributed by atoms with van der Waals surface area (Å²) in [6, 6.07) is 0. The Labute approximate surface area is 149 Å². The number of aromatic nitrogens is 3. The van der Waals surface area contributed by atoms with Gasteiger partial charge in [0.15, 0.2) is 0 Å². The molecule has 2 aliphatic rings. The topological polar surface area (TPSA) is 72.7 Å². The number of amides is 1. The van der Waals surface area contributed by atoms with Crippen LogP contribution in [0.5, 0.6) is 0 Å². The van der Waals surface area contributed by atoms with Gasteiger partial charge in [0.05, 0.1) is 32.8 Å². The van der Waals surface area contributed by atoms with Crippen LogP contribution in [0.2, 0.25) is 0 Å². The van der Waals surface area contributed by atoms with Crippen molar-refractivity contribution in [2.45, 2.75) is 31.7 Å². The highest BCUT2D eigenvalue weighted by Gasteiger charge is 2.28. The number of methoxy groups -OCH3 is 1. The summed E-state index contributed by atoms with van der Waals surface area (Å²) in [5.74, 6) is 2.41. The molecule has 2 saturated heterocycles. The summed E-state index contributed by atoms with van der Waals surface area (Å²) in [7, 11) is 3.67. The van der Waals surface area contributed by atoms with Crippen LogP contribution < -0.4 is 0 Å². The van der Waals surface area contributed by atoms with Crippen LogP contribution in [-0.4, -0.2) is 83.6 Å². The molecule has 1 aromatic heterocycles. The highest BCUT2D eigenvalue weighted by Crippen LogP contribution is 2.26. The Balaban J connectivity index is 1.62. The average Bonchev–Trinajstić information content (AvgIpc) is 3.01. The van der Waals surface area contributed by atoms with Gasteiger partial charge in [-0.15, -0.1) is 10.2 Å². The lowest BCUT2D eigenvalue weighted by atomic mass is 9.97. The van der Waals surface area contributed by atoms with Crippen molar-refractivity contribution in [2.24, 2.45) is 7.05 Å². The lowest BCUT2D eigenvalue weighted by molar-refractivity contribution is -0.133. The van der Waals surface area contributed by atoms with Crippen LogP contribution in [0.15, 0.2) is 0 Å². The minimum absolute atomic E-state index is 0.169. The Bertz CT molecular complexity index is 571. The maximum atomic E-state index is 12.3. The Hall–Kier alpha value is -1.51. The summed E-state index contributed by atoms with van der Waals surface area (Å²) < 4.78 is 12.5. The molecule has 0 radical (unpaired) electrons. The van der Waals surface area contributed by atoms with Crippen molar-refractivity contribution < 1.29 is 14.3 Å². The lowest BCUT2D eigenvalue weighted by Crippen LogP contribution is -2.40. The molecule has 0 saturated carbocycles. The third-order valence-electron chi connectivity index (χ3n) is 5.13. The average molecular weight is 351 g/mol. The molecule has 2 aliphatic heterocycles. The fraction of sp³-hybridized carbons (Fsp3) is 0.824. The van der Waals surface area contributed by atoms with E-state index in [1.165, 1.54) is 0 Å². The van der Waals surface area contributed by atoms with Gasteiger partial charge in [0, 0.05) is 46.3 Å². The molecular formula is C17H29N5O3. The van der Waals surface area contributed by atoms with Crippen molar-refractivity contribution in [3.05, 3.63) is 11.6 Å². The van der Waals surface area contributed by atoms with Crippen molar-refractivity contribution in [2.75, 3.05) is 53.1 Å². The van der Waals surface area contributed by atoms with E-state index in [4.69, 9.17) is 9.47 Å². The number of likely N-dealkylation sites (tertiary alicyclic amines) is 1. The minimum atomic E-state index is 0.169. The fourth-order valence-corrected chi connectivity index (χ4v) is 3.59. The Morgan fingerprint density at radius 2 is 2.08 bits per heavy atom. The molecule has 1 unspecified atom stereocenters. The number of carbonyl (C=O) groups excluding carboxylic acids is 1. The van der Waals surface area contributed by atoms with E-state index < -0.39 is 0 Å². The van der Waals surface area contributed by atoms with E-state index in [0.29, 0.717) is 13.0 Å². The molecule has 3 heterocycles. The molecule has 3 rings (SSSR count). The number of ether oxygens (including phenoxy) is 2. The molecule has 8 heteroatoms. The van der Waals surface area contributed by atoms with E-state index in [2.05, 4.69) is 19.7 Å². The van der Waals surface area contributed by atoms with Crippen molar-refractivity contribution in [3.8, 4) is 0 Å². The van der Waals surface area contributed by atoms with Gasteiger partial charge in [-0.3, -0.25) is 9.69 Å². The van der Waals surface area contributed by atoms with Gasteiger partial charge in [-0.1, -0.05) is 0 Å². The lowest BCUT2D eigenvalue weighted by Gasteiger charge is -2.32. The van der Waals surface area contributed by atoms with Gasteiger partial charge >= 0.3 is 0 Å². The van der Waals surface area contributed by atoms with E-state index in [9.17, 15) is 4.79 Å². The van der Waals surface area contributed by atoms with Crippen LogP contribution in [0.25, 0.3) is 0 Å². The number of piperidine rings is 1. The van der Waals surface area contributed by atoms with Crippen LogP contribution in [0.4, 0.5) is 0 Å². The van der Waals surface area contributed by atoms with E-state index in [1.54, 1.807) is 7.11 Å². The van der Waals surface area contributed by atoms with Crippen LogP contribution in [0, 0.1) is 0 Å². The summed E-state index contributed by atoms with van der Waals surface area (Å²) in [4.78, 5) is 16.6. The Morgan fingerprint density at radius 1 is 1.28 bits per heavy atom. The smallest absolute Gasteiger partial charge is 0.224 e. The predicted octanol–water partition coefficient (Wildman–Crippen LogP) is 0.390. The first kappa shape index (κ1) is 18.3. The number of hydrogen-bond acceptors (Lipinski definition) is 6. The molecule has 0 spiro atoms. The standard InChI is InChI=1S/C17H29N5O3/c1-20-15(13-21-7-10-25-11-8-21)18-19-17(20)14-4-3-6-22(12-14)16(23)5-9-24-2/h14H,3-13H2,1-2H3. The molecule has 0 aliphatic carbocycles. The van der Waals surface area contributed by atoms with E-state index in [-0.39, 0.29) is 11.8 Å². The number of nitrogens with zero attached hydrogens (tertiary/aromatic N) is 5. The third kappa shape index (κ3) is 4.56. The van der Waals surface area contributed by atoms with E-state index in [1.807, 2.05) is 11.9 Å². The van der Waals surface area contributed by atoms with E-state index in [0.717, 1.165) is 70.4 Å². The van der Waals surface area contributed by atoms with Crippen LogP contribution >= 0.6 is 0 Å². The molecule has 2 fully saturated rings. The van der Waals surface area contributed by atoms with Gasteiger partial charge in [-0.2, -0.15) is 0 Å². The molecule has 8 nitrogen and oxygen atoms in total. The van der Waals surface area contributed by atoms with Gasteiger partial charge in [0.25, 0.3) is 0 Å². The summed E-state index contributed by atoms with van der Waals surface area (Å²) >= 11 is 0. The molecular weight excluding hydrogens is 322 g/mol. The zero-order valence-electron chi connectivity index (χ0n) is 15.3. The quantitative estimate of drug-likeness (QED) is 0.738. The Kier molecular flexibility index (Phi) is 6.39. The van der Waals surface area contributed by atoms with Crippen LogP contribution in [0.3, 0.4) is 0 Å². The van der Waals surface area contributed by atoms with Gasteiger partial charge < -0.3 is 18.9 Å². The molecule has 0 bridgehead atoms. The highest BCUT2D eigenvalue weighted by atomic mass is 16.5. The van der Waals surface area contributed by atoms with Crippen LogP contribution in [0.1, 0.15) is 36.8 Å². The number of rotatable bonds is 6.